The van der Waals surface area contributed by atoms with Crippen LogP contribution in [0, 0.1) is 0 Å². The molecule has 0 fully saturated rings. The molecule has 3 rings (SSSR count). The minimum atomic E-state index is 0.485. The summed E-state index contributed by atoms with van der Waals surface area (Å²) in [5, 5.41) is 15.4. The Bertz CT molecular complexity index is 837. The first-order valence-corrected chi connectivity index (χ1v) is 8.98. The number of aryl methyl sites for hydroxylation is 1. The van der Waals surface area contributed by atoms with Crippen LogP contribution in [-0.4, -0.2) is 20.2 Å². The molecule has 0 aliphatic heterocycles. The Morgan fingerprint density at radius 3 is 2.64 bits per heavy atom. The molecule has 1 N–H and O–H groups in total. The van der Waals surface area contributed by atoms with Crippen LogP contribution in [0.5, 0.6) is 5.75 Å². The number of hydrogen-bond donors (Lipinski definition) is 1. The van der Waals surface area contributed by atoms with Crippen LogP contribution in [0.25, 0.3) is 0 Å². The van der Waals surface area contributed by atoms with Gasteiger partial charge in [0.1, 0.15) is 12.4 Å². The lowest BCUT2D eigenvalue weighted by atomic mass is 10.2. The van der Waals surface area contributed by atoms with Crippen LogP contribution in [0.2, 0.25) is 5.02 Å². The van der Waals surface area contributed by atoms with E-state index < -0.39 is 0 Å². The molecule has 25 heavy (non-hydrogen) atoms. The minimum Gasteiger partial charge on any atom is -0.488 e. The molecule has 0 atom stereocenters. The van der Waals surface area contributed by atoms with Crippen molar-refractivity contribution in [1.29, 1.82) is 0 Å². The first-order chi connectivity index (χ1) is 12.2. The highest BCUT2D eigenvalue weighted by Crippen LogP contribution is 2.27. The highest BCUT2D eigenvalue weighted by Gasteiger charge is 2.06. The Morgan fingerprint density at radius 2 is 1.92 bits per heavy atom. The van der Waals surface area contributed by atoms with Crippen LogP contribution >= 0.6 is 27.5 Å². The molecular weight excluding hydrogens is 406 g/mol. The highest BCUT2D eigenvalue weighted by atomic mass is 79.9. The first kappa shape index (κ1) is 17.7. The van der Waals surface area contributed by atoms with E-state index in [9.17, 15) is 0 Å². The fraction of sp³-hybridized carbons (Fsp3) is 0.235. The van der Waals surface area contributed by atoms with Crippen molar-refractivity contribution in [1.82, 2.24) is 20.2 Å². The standard InChI is InChI=1S/C17H17BrClN5O/c1-2-24-17(21-22-23-24)20-10-13-5-8-16(15(18)9-13)25-11-12-3-6-14(19)7-4-12/h3-9H,2,10-11H2,1H3,(H,20,21,23). The molecule has 0 spiro atoms. The monoisotopic (exact) mass is 421 g/mol. The summed E-state index contributed by atoms with van der Waals surface area (Å²) < 4.78 is 8.46. The van der Waals surface area contributed by atoms with Crippen LogP contribution in [0.4, 0.5) is 5.95 Å². The minimum absolute atomic E-state index is 0.485. The van der Waals surface area contributed by atoms with E-state index in [0.717, 1.165) is 32.9 Å². The van der Waals surface area contributed by atoms with Crippen LogP contribution < -0.4 is 10.1 Å². The van der Waals surface area contributed by atoms with Crippen molar-refractivity contribution >= 4 is 33.5 Å². The average Bonchev–Trinajstić information content (AvgIpc) is 3.08. The fourth-order valence-corrected chi connectivity index (χ4v) is 2.91. The van der Waals surface area contributed by atoms with Gasteiger partial charge in [0.15, 0.2) is 0 Å². The topological polar surface area (TPSA) is 64.9 Å². The van der Waals surface area contributed by atoms with Gasteiger partial charge in [0, 0.05) is 18.1 Å². The average molecular weight is 423 g/mol. The van der Waals surface area contributed by atoms with Crippen molar-refractivity contribution in [2.75, 3.05) is 5.32 Å². The summed E-state index contributed by atoms with van der Waals surface area (Å²) in [4.78, 5) is 0. The van der Waals surface area contributed by atoms with Gasteiger partial charge in [-0.05, 0) is 68.7 Å². The lowest BCUT2D eigenvalue weighted by Gasteiger charge is -2.11. The maximum atomic E-state index is 5.89. The fourth-order valence-electron chi connectivity index (χ4n) is 2.24. The first-order valence-electron chi connectivity index (χ1n) is 7.81. The number of ether oxygens (including phenoxy) is 1. The number of halogens is 2. The number of benzene rings is 2. The third kappa shape index (κ3) is 4.70. The molecule has 0 aliphatic carbocycles. The third-order valence-corrected chi connectivity index (χ3v) is 4.46. The predicted octanol–water partition coefficient (Wildman–Crippen LogP) is 4.30. The molecule has 0 unspecified atom stereocenters. The summed E-state index contributed by atoms with van der Waals surface area (Å²) in [7, 11) is 0. The Labute approximate surface area is 159 Å². The van der Waals surface area contributed by atoms with Gasteiger partial charge >= 0.3 is 0 Å². The van der Waals surface area contributed by atoms with Gasteiger partial charge in [0.2, 0.25) is 5.95 Å². The quantitative estimate of drug-likeness (QED) is 0.615. The number of anilines is 1. The Morgan fingerprint density at radius 1 is 1.16 bits per heavy atom. The second kappa shape index (κ2) is 8.31. The van der Waals surface area contributed by atoms with Crippen LogP contribution in [0.3, 0.4) is 0 Å². The molecule has 8 heteroatoms. The van der Waals surface area contributed by atoms with Crippen molar-refractivity contribution in [2.45, 2.75) is 26.6 Å². The van der Waals surface area contributed by atoms with E-state index in [1.807, 2.05) is 49.4 Å². The zero-order valence-corrected chi connectivity index (χ0v) is 16.0. The smallest absolute Gasteiger partial charge is 0.243 e. The molecule has 3 aromatic rings. The number of rotatable bonds is 7. The number of nitrogens with one attached hydrogen (secondary N) is 1. The summed E-state index contributed by atoms with van der Waals surface area (Å²) in [6.45, 7) is 3.82. The summed E-state index contributed by atoms with van der Waals surface area (Å²) in [5.74, 6) is 1.44. The number of hydrogen-bond acceptors (Lipinski definition) is 5. The molecule has 0 aliphatic rings. The maximum Gasteiger partial charge on any atom is 0.243 e. The number of nitrogens with zero attached hydrogens (tertiary/aromatic N) is 4. The summed E-state index contributed by atoms with van der Waals surface area (Å²) in [6, 6.07) is 13.6. The summed E-state index contributed by atoms with van der Waals surface area (Å²) >= 11 is 9.45. The number of aromatic nitrogens is 4. The van der Waals surface area contributed by atoms with E-state index in [1.54, 1.807) is 4.68 Å². The molecule has 0 saturated carbocycles. The van der Waals surface area contributed by atoms with Crippen molar-refractivity contribution < 1.29 is 4.74 Å². The lowest BCUT2D eigenvalue weighted by molar-refractivity contribution is 0.304. The van der Waals surface area contributed by atoms with Gasteiger partial charge in [0.05, 0.1) is 4.47 Å². The van der Waals surface area contributed by atoms with Gasteiger partial charge in [-0.15, -0.1) is 0 Å². The molecule has 0 saturated heterocycles. The Kier molecular flexibility index (Phi) is 5.88. The van der Waals surface area contributed by atoms with E-state index in [4.69, 9.17) is 16.3 Å². The molecule has 6 nitrogen and oxygen atoms in total. The molecule has 2 aromatic carbocycles. The molecular formula is C17H17BrClN5O. The van der Waals surface area contributed by atoms with Crippen molar-refractivity contribution in [3.63, 3.8) is 0 Å². The molecule has 0 radical (unpaired) electrons. The zero-order chi connectivity index (χ0) is 17.6. The van der Waals surface area contributed by atoms with Crippen LogP contribution in [0.1, 0.15) is 18.1 Å². The van der Waals surface area contributed by atoms with Crippen molar-refractivity contribution in [2.24, 2.45) is 0 Å². The zero-order valence-electron chi connectivity index (χ0n) is 13.6. The molecule has 130 valence electrons. The normalized spacial score (nSPS) is 10.7. The van der Waals surface area contributed by atoms with Gasteiger partial charge < -0.3 is 10.1 Å². The van der Waals surface area contributed by atoms with Gasteiger partial charge in [-0.25, -0.2) is 4.68 Å². The van der Waals surface area contributed by atoms with E-state index >= 15 is 0 Å². The van der Waals surface area contributed by atoms with E-state index in [2.05, 4.69) is 36.8 Å². The van der Waals surface area contributed by atoms with E-state index in [0.29, 0.717) is 19.1 Å². The second-order valence-corrected chi connectivity index (χ2v) is 6.64. The molecule has 0 amide bonds. The predicted molar refractivity (Wildman–Crippen MR) is 101 cm³/mol. The van der Waals surface area contributed by atoms with Gasteiger partial charge in [0.25, 0.3) is 0 Å². The molecule has 0 bridgehead atoms. The van der Waals surface area contributed by atoms with Crippen LogP contribution in [0.15, 0.2) is 46.9 Å². The Hall–Kier alpha value is -2.12. The summed E-state index contributed by atoms with van der Waals surface area (Å²) in [5.41, 5.74) is 2.16. The van der Waals surface area contributed by atoms with Crippen molar-refractivity contribution in [3.8, 4) is 5.75 Å². The second-order valence-electron chi connectivity index (χ2n) is 5.35. The lowest BCUT2D eigenvalue weighted by Crippen LogP contribution is -2.08. The summed E-state index contributed by atoms with van der Waals surface area (Å²) in [6.07, 6.45) is 0. The molecule has 1 heterocycles. The number of tetrazole rings is 1. The van der Waals surface area contributed by atoms with Gasteiger partial charge in [-0.3, -0.25) is 0 Å². The van der Waals surface area contributed by atoms with E-state index in [-0.39, 0.29) is 0 Å². The van der Waals surface area contributed by atoms with Crippen molar-refractivity contribution in [3.05, 3.63) is 63.1 Å². The molecule has 1 aromatic heterocycles. The SMILES string of the molecule is CCn1nnnc1NCc1ccc(OCc2ccc(Cl)cc2)c(Br)c1. The maximum absolute atomic E-state index is 5.89. The largest absolute Gasteiger partial charge is 0.488 e. The third-order valence-electron chi connectivity index (χ3n) is 3.59. The van der Waals surface area contributed by atoms with Gasteiger partial charge in [-0.1, -0.05) is 34.9 Å². The Balaban J connectivity index is 1.59. The highest BCUT2D eigenvalue weighted by molar-refractivity contribution is 9.10. The van der Waals surface area contributed by atoms with E-state index in [1.165, 1.54) is 0 Å². The van der Waals surface area contributed by atoms with Gasteiger partial charge in [-0.2, -0.15) is 0 Å². The van der Waals surface area contributed by atoms with Crippen LogP contribution in [-0.2, 0) is 19.7 Å².